The van der Waals surface area contributed by atoms with Crippen LogP contribution < -0.4 is 15.5 Å². The van der Waals surface area contributed by atoms with Crippen molar-refractivity contribution >= 4 is 45.4 Å². The SMILES string of the molecule is O=C1c2sc(-c3nc(Nc4ccc(N5CC6(CNC6)C5)cc4C4CC4)ncc3C(F)(F)F)cc2S(=O)CCN1C1CC1. The Bertz CT molecular complexity index is 1620. The van der Waals surface area contributed by atoms with Gasteiger partial charge in [0, 0.05) is 67.5 Å². The normalized spacial score (nSPS) is 23.3. The van der Waals surface area contributed by atoms with Crippen LogP contribution in [0.15, 0.2) is 35.4 Å². The summed E-state index contributed by atoms with van der Waals surface area (Å²) in [6.07, 6.45) is 0.00622. The van der Waals surface area contributed by atoms with Gasteiger partial charge in [-0.3, -0.25) is 9.00 Å². The quantitative estimate of drug-likeness (QED) is 0.405. The predicted octanol–water partition coefficient (Wildman–Crippen LogP) is 4.98. The van der Waals surface area contributed by atoms with Gasteiger partial charge in [-0.05, 0) is 61.4 Å². The van der Waals surface area contributed by atoms with Crippen molar-refractivity contribution in [3.05, 3.63) is 46.5 Å². The Hall–Kier alpha value is -3.03. The molecule has 5 heterocycles. The molecule has 1 aromatic carbocycles. The van der Waals surface area contributed by atoms with Gasteiger partial charge in [-0.2, -0.15) is 13.2 Å². The third kappa shape index (κ3) is 4.60. The second kappa shape index (κ2) is 9.48. The van der Waals surface area contributed by atoms with Crippen LogP contribution in [0.2, 0.25) is 0 Å². The summed E-state index contributed by atoms with van der Waals surface area (Å²) in [5, 5.41) is 6.55. The van der Waals surface area contributed by atoms with Gasteiger partial charge in [0.05, 0.1) is 26.3 Å². The summed E-state index contributed by atoms with van der Waals surface area (Å²) in [7, 11) is -1.49. The average Bonchev–Trinajstić information content (AvgIpc) is 3.84. The van der Waals surface area contributed by atoms with E-state index in [0.29, 0.717) is 22.8 Å². The first-order chi connectivity index (χ1) is 20.2. The van der Waals surface area contributed by atoms with Crippen LogP contribution in [0.5, 0.6) is 0 Å². The van der Waals surface area contributed by atoms with Crippen molar-refractivity contribution < 1.29 is 22.2 Å². The first-order valence-corrected chi connectivity index (χ1v) is 16.5. The molecule has 1 atom stereocenters. The molecule has 4 fully saturated rings. The molecule has 8 nitrogen and oxygen atoms in total. The van der Waals surface area contributed by atoms with E-state index in [1.165, 1.54) is 6.07 Å². The van der Waals surface area contributed by atoms with E-state index in [0.717, 1.165) is 86.3 Å². The number of anilines is 3. The molecule has 220 valence electrons. The lowest BCUT2D eigenvalue weighted by Gasteiger charge is -2.57. The minimum atomic E-state index is -4.70. The Morgan fingerprint density at radius 3 is 2.57 bits per heavy atom. The number of carbonyl (C=O) groups excluding carboxylic acids is 1. The summed E-state index contributed by atoms with van der Waals surface area (Å²) in [6.45, 7) is 4.56. The maximum atomic E-state index is 14.2. The highest BCUT2D eigenvalue weighted by molar-refractivity contribution is 7.85. The highest BCUT2D eigenvalue weighted by Gasteiger charge is 2.48. The van der Waals surface area contributed by atoms with Crippen molar-refractivity contribution in [2.45, 2.75) is 48.7 Å². The minimum Gasteiger partial charge on any atom is -0.370 e. The van der Waals surface area contributed by atoms with Crippen molar-refractivity contribution in [2.75, 3.05) is 48.7 Å². The van der Waals surface area contributed by atoms with Gasteiger partial charge in [0.2, 0.25) is 5.95 Å². The Balaban J connectivity index is 1.13. The number of halogens is 3. The number of benzene rings is 1. The number of alkyl halides is 3. The lowest BCUT2D eigenvalue weighted by molar-refractivity contribution is -0.137. The number of nitrogens with zero attached hydrogens (tertiary/aromatic N) is 4. The zero-order chi connectivity index (χ0) is 28.8. The number of rotatable bonds is 6. The maximum absolute atomic E-state index is 14.2. The molecule has 5 aliphatic rings. The van der Waals surface area contributed by atoms with Crippen molar-refractivity contribution in [1.29, 1.82) is 0 Å². The third-order valence-electron chi connectivity index (χ3n) is 8.95. The van der Waals surface area contributed by atoms with Crippen LogP contribution in [-0.2, 0) is 17.0 Å². The lowest BCUT2D eigenvalue weighted by atomic mass is 9.74. The van der Waals surface area contributed by atoms with E-state index in [4.69, 9.17) is 0 Å². The highest BCUT2D eigenvalue weighted by atomic mass is 32.2. The molecule has 1 unspecified atom stereocenters. The molecular weight excluding hydrogens is 585 g/mol. The van der Waals surface area contributed by atoms with Crippen LogP contribution in [-0.4, -0.2) is 69.5 Å². The zero-order valence-electron chi connectivity index (χ0n) is 22.7. The molecule has 1 amide bonds. The second-order valence-corrected chi connectivity index (χ2v) is 14.8. The van der Waals surface area contributed by atoms with Crippen LogP contribution in [0.25, 0.3) is 10.6 Å². The molecule has 42 heavy (non-hydrogen) atoms. The predicted molar refractivity (Wildman–Crippen MR) is 155 cm³/mol. The Kier molecular flexibility index (Phi) is 6.00. The number of hydrogen-bond donors (Lipinski definition) is 2. The van der Waals surface area contributed by atoms with E-state index in [1.54, 1.807) is 4.90 Å². The van der Waals surface area contributed by atoms with Crippen LogP contribution in [0.4, 0.5) is 30.5 Å². The number of thiophene rings is 1. The van der Waals surface area contributed by atoms with Crippen LogP contribution in [0.1, 0.15) is 52.4 Å². The Labute approximate surface area is 247 Å². The van der Waals surface area contributed by atoms with Crippen molar-refractivity contribution in [1.82, 2.24) is 20.2 Å². The van der Waals surface area contributed by atoms with Crippen LogP contribution >= 0.6 is 11.3 Å². The van der Waals surface area contributed by atoms with Gasteiger partial charge >= 0.3 is 6.18 Å². The molecular formula is C29H29F3N6O2S2. The molecule has 1 spiro atoms. The smallest absolute Gasteiger partial charge is 0.370 e. The number of amides is 1. The van der Waals surface area contributed by atoms with E-state index in [9.17, 15) is 22.2 Å². The van der Waals surface area contributed by atoms with Gasteiger partial charge in [-0.25, -0.2) is 9.97 Å². The Morgan fingerprint density at radius 1 is 1.12 bits per heavy atom. The second-order valence-electron chi connectivity index (χ2n) is 12.2. The highest BCUT2D eigenvalue weighted by Crippen LogP contribution is 2.47. The molecule has 2 N–H and O–H groups in total. The zero-order valence-corrected chi connectivity index (χ0v) is 24.3. The molecule has 2 aliphatic carbocycles. The summed E-state index contributed by atoms with van der Waals surface area (Å²) >= 11 is 0.934. The van der Waals surface area contributed by atoms with Gasteiger partial charge in [-0.1, -0.05) is 0 Å². The van der Waals surface area contributed by atoms with Gasteiger partial charge in [0.15, 0.2) is 0 Å². The molecule has 3 aromatic rings. The number of fused-ring (bicyclic) bond motifs is 1. The molecule has 0 radical (unpaired) electrons. The average molecular weight is 615 g/mol. The van der Waals surface area contributed by atoms with E-state index in [2.05, 4.69) is 31.6 Å². The molecule has 8 rings (SSSR count). The summed E-state index contributed by atoms with van der Waals surface area (Å²) in [4.78, 5) is 26.5. The number of carbonyl (C=O) groups is 1. The summed E-state index contributed by atoms with van der Waals surface area (Å²) in [5.74, 6) is 0.451. The van der Waals surface area contributed by atoms with Crippen LogP contribution in [0.3, 0.4) is 0 Å². The largest absolute Gasteiger partial charge is 0.420 e. The number of aromatic nitrogens is 2. The molecule has 13 heteroatoms. The number of hydrogen-bond acceptors (Lipinski definition) is 8. The first kappa shape index (κ1) is 26.6. The van der Waals surface area contributed by atoms with E-state index in [1.807, 2.05) is 12.1 Å². The topological polar surface area (TPSA) is 90.5 Å². The standard InChI is InChI=1S/C29H29F3N6O2S2/c30-29(31,32)20-11-34-27(35-21-6-5-18(9-19(21)16-1-2-16)37-14-28(15-37)12-33-13-28)36-24(20)22-10-23-25(41-22)26(39)38(17-3-4-17)7-8-42(23)40/h5-6,9-11,16-17,33H,1-4,7-8,12-15H2,(H,34,35,36). The van der Waals surface area contributed by atoms with Crippen molar-refractivity contribution in [3.63, 3.8) is 0 Å². The van der Waals surface area contributed by atoms with Crippen molar-refractivity contribution in [2.24, 2.45) is 5.41 Å². The van der Waals surface area contributed by atoms with Gasteiger partial charge in [0.25, 0.3) is 5.91 Å². The number of nitrogens with one attached hydrogen (secondary N) is 2. The van der Waals surface area contributed by atoms with E-state index in [-0.39, 0.29) is 39.1 Å². The molecule has 2 saturated carbocycles. The lowest BCUT2D eigenvalue weighted by Crippen LogP contribution is -2.71. The minimum absolute atomic E-state index is 0.0479. The molecule has 2 saturated heterocycles. The van der Waals surface area contributed by atoms with E-state index < -0.39 is 22.5 Å². The maximum Gasteiger partial charge on any atom is 0.420 e. The van der Waals surface area contributed by atoms with Crippen LogP contribution in [0, 0.1) is 5.41 Å². The fourth-order valence-electron chi connectivity index (χ4n) is 6.27. The molecule has 3 aliphatic heterocycles. The monoisotopic (exact) mass is 614 g/mol. The van der Waals surface area contributed by atoms with Gasteiger partial charge < -0.3 is 20.4 Å². The summed E-state index contributed by atoms with van der Waals surface area (Å²) in [5.41, 5.74) is 2.16. The molecule has 2 aromatic heterocycles. The fourth-order valence-corrected chi connectivity index (χ4v) is 8.88. The summed E-state index contributed by atoms with van der Waals surface area (Å²) < 4.78 is 55.5. The van der Waals surface area contributed by atoms with E-state index >= 15 is 0 Å². The molecule has 0 bridgehead atoms. The fraction of sp³-hybridized carbons (Fsp3) is 0.483. The van der Waals surface area contributed by atoms with Crippen molar-refractivity contribution in [3.8, 4) is 10.6 Å². The first-order valence-electron chi connectivity index (χ1n) is 14.3. The Morgan fingerprint density at radius 2 is 1.90 bits per heavy atom. The van der Waals surface area contributed by atoms with Gasteiger partial charge in [-0.15, -0.1) is 11.3 Å². The third-order valence-corrected chi connectivity index (χ3v) is 11.6. The summed E-state index contributed by atoms with van der Waals surface area (Å²) in [6, 6.07) is 7.77. The van der Waals surface area contributed by atoms with Gasteiger partial charge in [0.1, 0.15) is 10.4 Å².